The van der Waals surface area contributed by atoms with Crippen LogP contribution in [0.15, 0.2) is 261 Å². The third-order valence-electron chi connectivity index (χ3n) is 15.0. The minimum Gasteiger partial charge on any atom is -0.310 e. The first-order chi connectivity index (χ1) is 35.7. The molecule has 0 aromatic heterocycles. The summed E-state index contributed by atoms with van der Waals surface area (Å²) in [4.78, 5) is 4.86. The van der Waals surface area contributed by atoms with Crippen molar-refractivity contribution in [3.63, 3.8) is 0 Å². The highest BCUT2D eigenvalue weighted by Gasteiger charge is 2.25. The fourth-order valence-electron chi connectivity index (χ4n) is 11.7. The Labute approximate surface area is 419 Å². The molecule has 0 amide bonds. The Morgan fingerprint density at radius 2 is 0.708 bits per heavy atom. The van der Waals surface area contributed by atoms with Crippen LogP contribution in [-0.2, 0) is 6.42 Å². The first-order valence-electron chi connectivity index (χ1n) is 25.1. The van der Waals surface area contributed by atoms with E-state index in [2.05, 4.69) is 277 Å². The van der Waals surface area contributed by atoms with Gasteiger partial charge in [-0.3, -0.25) is 0 Å². The molecular formula is C70H48N2. The van der Waals surface area contributed by atoms with Gasteiger partial charge in [-0.05, 0) is 190 Å². The first-order valence-corrected chi connectivity index (χ1v) is 25.1. The fourth-order valence-corrected chi connectivity index (χ4v) is 11.7. The number of nitrogens with zero attached hydrogens (tertiary/aromatic N) is 2. The number of aryl methyl sites for hydroxylation is 1. The van der Waals surface area contributed by atoms with Crippen molar-refractivity contribution in [2.45, 2.75) is 12.8 Å². The van der Waals surface area contributed by atoms with Crippen LogP contribution < -0.4 is 9.80 Å². The molecule has 72 heavy (non-hydrogen) atoms. The molecule has 0 N–H and O–H groups in total. The van der Waals surface area contributed by atoms with E-state index in [1.54, 1.807) is 0 Å². The third kappa shape index (κ3) is 7.10. The van der Waals surface area contributed by atoms with Crippen molar-refractivity contribution in [1.82, 2.24) is 0 Å². The smallest absolute Gasteiger partial charge is 0.0468 e. The lowest BCUT2D eigenvalue weighted by Crippen LogP contribution is -2.11. The minimum absolute atomic E-state index is 0.936. The molecule has 2 heteroatoms. The van der Waals surface area contributed by atoms with E-state index in [0.717, 1.165) is 47.0 Å². The zero-order valence-corrected chi connectivity index (χ0v) is 39.7. The predicted molar refractivity (Wildman–Crippen MR) is 309 cm³/mol. The molecule has 0 radical (unpaired) electrons. The van der Waals surface area contributed by atoms with E-state index in [1.165, 1.54) is 98.0 Å². The van der Waals surface area contributed by atoms with E-state index in [4.69, 9.17) is 0 Å². The van der Waals surface area contributed by atoms with Gasteiger partial charge in [0.05, 0.1) is 0 Å². The molecule has 1 aliphatic rings. The van der Waals surface area contributed by atoms with Gasteiger partial charge in [0.2, 0.25) is 0 Å². The van der Waals surface area contributed by atoms with Crippen LogP contribution in [-0.4, -0.2) is 0 Å². The van der Waals surface area contributed by atoms with Crippen LogP contribution in [0.25, 0.3) is 87.4 Å². The quantitative estimate of drug-likeness (QED) is 0.111. The standard InChI is InChI=1S/C70H48N2/c1-3-24-55(25-4-1)71(57-35-33-48-18-8-11-21-51(48)42-57)59-38-40-65-67(45-59)69(54-32-31-47-17-7-10-20-50(47)41-54)64-39-37-60(72(56-26-5-2-6-27-56)58-36-34-49-19-9-12-22-52(49)43-58)46-68(64)70(65)66-44-53-23-13-14-28-61(53)62-29-15-16-30-63(62)66/h1-30,33-46H,31-32H2. The van der Waals surface area contributed by atoms with E-state index < -0.39 is 0 Å². The number of rotatable bonds is 8. The van der Waals surface area contributed by atoms with Crippen molar-refractivity contribution in [2.75, 3.05) is 9.80 Å². The molecule has 13 aromatic carbocycles. The highest BCUT2D eigenvalue weighted by molar-refractivity contribution is 6.25. The predicted octanol–water partition coefficient (Wildman–Crippen LogP) is 19.7. The molecule has 0 saturated heterocycles. The normalized spacial score (nSPS) is 12.4. The summed E-state index contributed by atoms with van der Waals surface area (Å²) in [6.07, 6.45) is 4.39. The summed E-state index contributed by atoms with van der Waals surface area (Å²) >= 11 is 0. The Morgan fingerprint density at radius 1 is 0.250 bits per heavy atom. The van der Waals surface area contributed by atoms with Crippen LogP contribution in [0.2, 0.25) is 0 Å². The lowest BCUT2D eigenvalue weighted by atomic mass is 9.80. The molecule has 0 spiro atoms. The monoisotopic (exact) mass is 916 g/mol. The number of para-hydroxylation sites is 2. The Kier molecular flexibility index (Phi) is 10.0. The Hall–Kier alpha value is -9.24. The number of hydrogen-bond donors (Lipinski definition) is 0. The van der Waals surface area contributed by atoms with Crippen molar-refractivity contribution in [2.24, 2.45) is 0 Å². The maximum absolute atomic E-state index is 2.49. The Morgan fingerprint density at radius 3 is 1.33 bits per heavy atom. The van der Waals surface area contributed by atoms with Crippen LogP contribution in [0.1, 0.15) is 23.1 Å². The van der Waals surface area contributed by atoms with Gasteiger partial charge in [-0.25, -0.2) is 0 Å². The topological polar surface area (TPSA) is 6.48 Å². The molecule has 0 heterocycles. The molecule has 0 unspecified atom stereocenters. The second-order valence-electron chi connectivity index (χ2n) is 19.2. The van der Waals surface area contributed by atoms with Gasteiger partial charge in [-0.1, -0.05) is 188 Å². The molecule has 0 fully saturated rings. The average Bonchev–Trinajstić information content (AvgIpc) is 3.45. The van der Waals surface area contributed by atoms with Gasteiger partial charge in [0.1, 0.15) is 0 Å². The molecule has 0 saturated carbocycles. The summed E-state index contributed by atoms with van der Waals surface area (Å²) in [5, 5.41) is 14.8. The summed E-state index contributed by atoms with van der Waals surface area (Å²) < 4.78 is 0. The van der Waals surface area contributed by atoms with Crippen molar-refractivity contribution in [3.05, 3.63) is 278 Å². The molecule has 14 rings (SSSR count). The second-order valence-corrected chi connectivity index (χ2v) is 19.2. The molecule has 13 aromatic rings. The third-order valence-corrected chi connectivity index (χ3v) is 15.0. The average molecular weight is 917 g/mol. The van der Waals surface area contributed by atoms with E-state index >= 15 is 0 Å². The number of hydrogen-bond acceptors (Lipinski definition) is 2. The highest BCUT2D eigenvalue weighted by atomic mass is 15.1. The zero-order chi connectivity index (χ0) is 47.5. The lowest BCUT2D eigenvalue weighted by Gasteiger charge is -2.29. The van der Waals surface area contributed by atoms with Crippen LogP contribution >= 0.6 is 0 Å². The van der Waals surface area contributed by atoms with Gasteiger partial charge in [0.25, 0.3) is 0 Å². The molecule has 338 valence electrons. The summed E-state index contributed by atoms with van der Waals surface area (Å²) in [5.74, 6) is 0. The molecule has 0 bridgehead atoms. The maximum atomic E-state index is 2.49. The number of benzene rings is 13. The van der Waals surface area contributed by atoms with Crippen molar-refractivity contribution < 1.29 is 0 Å². The van der Waals surface area contributed by atoms with Gasteiger partial charge in [-0.2, -0.15) is 0 Å². The van der Waals surface area contributed by atoms with Crippen molar-refractivity contribution in [1.29, 1.82) is 0 Å². The van der Waals surface area contributed by atoms with E-state index in [1.807, 2.05) is 0 Å². The van der Waals surface area contributed by atoms with Crippen molar-refractivity contribution >= 4 is 110 Å². The SMILES string of the molecule is C1=C(c2c3cc(N(c4ccccc4)c4ccc5ccccc5c4)ccc3c(-c3cc4ccccc4c4ccccc34)c3cc(N(c4ccccc4)c4ccc5ccccc5c4)ccc23)CCc2ccccc21. The Bertz CT molecular complexity index is 4280. The van der Waals surface area contributed by atoms with Gasteiger partial charge in [0.15, 0.2) is 0 Å². The van der Waals surface area contributed by atoms with Gasteiger partial charge < -0.3 is 9.80 Å². The Balaban J connectivity index is 1.12. The molecule has 0 aliphatic heterocycles. The summed E-state index contributed by atoms with van der Waals surface area (Å²) in [5.41, 5.74) is 14.5. The van der Waals surface area contributed by atoms with Gasteiger partial charge >= 0.3 is 0 Å². The molecule has 1 aliphatic carbocycles. The number of anilines is 6. The summed E-state index contributed by atoms with van der Waals surface area (Å²) in [7, 11) is 0. The first kappa shape index (κ1) is 41.7. The lowest BCUT2D eigenvalue weighted by molar-refractivity contribution is 1.00. The van der Waals surface area contributed by atoms with Gasteiger partial charge in [-0.15, -0.1) is 0 Å². The highest BCUT2D eigenvalue weighted by Crippen LogP contribution is 2.50. The number of allylic oxidation sites excluding steroid dienone is 1. The number of fused-ring (bicyclic) bond motifs is 8. The van der Waals surface area contributed by atoms with Gasteiger partial charge in [0, 0.05) is 34.1 Å². The summed E-state index contributed by atoms with van der Waals surface area (Å²) in [6.45, 7) is 0. The fraction of sp³-hybridized carbons (Fsp3) is 0.0286. The van der Waals surface area contributed by atoms with Crippen LogP contribution in [0.3, 0.4) is 0 Å². The molecule has 2 nitrogen and oxygen atoms in total. The minimum atomic E-state index is 0.936. The molecule has 0 atom stereocenters. The van der Waals surface area contributed by atoms with E-state index in [0.29, 0.717) is 0 Å². The molecular weight excluding hydrogens is 869 g/mol. The largest absolute Gasteiger partial charge is 0.310 e. The van der Waals surface area contributed by atoms with Crippen LogP contribution in [0.4, 0.5) is 34.1 Å². The van der Waals surface area contributed by atoms with Crippen LogP contribution in [0.5, 0.6) is 0 Å². The van der Waals surface area contributed by atoms with E-state index in [-0.39, 0.29) is 0 Å². The van der Waals surface area contributed by atoms with Crippen LogP contribution in [0, 0.1) is 0 Å². The maximum Gasteiger partial charge on any atom is 0.0468 e. The second kappa shape index (κ2) is 17.3. The van der Waals surface area contributed by atoms with Crippen molar-refractivity contribution in [3.8, 4) is 11.1 Å². The van der Waals surface area contributed by atoms with E-state index in [9.17, 15) is 0 Å². The zero-order valence-electron chi connectivity index (χ0n) is 39.7. The summed E-state index contributed by atoms with van der Waals surface area (Å²) in [6, 6.07) is 96.5.